The molecule has 10 heteroatoms. The van der Waals surface area contributed by atoms with Gasteiger partial charge in [0.25, 0.3) is 10.0 Å². The standard InChI is InChI=1S/C27H31N5O4S/c1-27(2,3)36-26(33)31-16-18-13-20(14-19(18)17-31)30(5)24-22-11-12-32(25(22)29-15-23(24)28-4)37(34,35)21-9-7-6-8-10-21/h6-12,15,18-20H,13-14,16-17H2,1-3,5H3/t18-,19+,20?. The minimum Gasteiger partial charge on any atom is -0.444 e. The third kappa shape index (κ3) is 4.53. The number of aromatic nitrogens is 2. The van der Waals surface area contributed by atoms with Crippen molar-refractivity contribution in [3.63, 3.8) is 0 Å². The maximum absolute atomic E-state index is 13.3. The lowest BCUT2D eigenvalue weighted by Crippen LogP contribution is -2.37. The van der Waals surface area contributed by atoms with Crippen molar-refractivity contribution in [1.82, 2.24) is 13.9 Å². The van der Waals surface area contributed by atoms with Crippen LogP contribution in [-0.4, -0.2) is 60.1 Å². The minimum absolute atomic E-state index is 0.163. The third-order valence-corrected chi connectivity index (χ3v) is 9.01. The summed E-state index contributed by atoms with van der Waals surface area (Å²) in [7, 11) is -1.87. The molecule has 2 aliphatic rings. The molecule has 3 heterocycles. The molecule has 2 fully saturated rings. The van der Waals surface area contributed by atoms with Crippen LogP contribution in [-0.2, 0) is 14.8 Å². The Bertz CT molecular complexity index is 1470. The number of carbonyl (C=O) groups is 1. The monoisotopic (exact) mass is 521 g/mol. The van der Waals surface area contributed by atoms with Gasteiger partial charge in [-0.2, -0.15) is 0 Å². The number of ether oxygens (including phenoxy) is 1. The molecule has 1 amide bonds. The van der Waals surface area contributed by atoms with Gasteiger partial charge in [-0.25, -0.2) is 27.0 Å². The van der Waals surface area contributed by atoms with Gasteiger partial charge in [-0.15, -0.1) is 0 Å². The van der Waals surface area contributed by atoms with Crippen LogP contribution in [0.3, 0.4) is 0 Å². The predicted molar refractivity (Wildman–Crippen MR) is 141 cm³/mol. The van der Waals surface area contributed by atoms with E-state index in [0.717, 1.165) is 12.8 Å². The zero-order valence-electron chi connectivity index (χ0n) is 21.5. The van der Waals surface area contributed by atoms with E-state index in [-0.39, 0.29) is 17.0 Å². The zero-order valence-corrected chi connectivity index (χ0v) is 22.3. The first-order valence-electron chi connectivity index (χ1n) is 12.4. The fourth-order valence-corrected chi connectivity index (χ4v) is 6.96. The highest BCUT2D eigenvalue weighted by atomic mass is 32.2. The fraction of sp³-hybridized carbons (Fsp3) is 0.444. The maximum Gasteiger partial charge on any atom is 0.410 e. The number of hydrogen-bond donors (Lipinski definition) is 0. The number of carbonyl (C=O) groups excluding carboxylic acids is 1. The van der Waals surface area contributed by atoms with E-state index in [2.05, 4.69) is 14.7 Å². The van der Waals surface area contributed by atoms with Crippen molar-refractivity contribution in [2.45, 2.75) is 50.2 Å². The molecular weight excluding hydrogens is 490 g/mol. The van der Waals surface area contributed by atoms with E-state index in [1.165, 1.54) is 16.4 Å². The van der Waals surface area contributed by atoms with Crippen LogP contribution in [0, 0.1) is 18.4 Å². The summed E-state index contributed by atoms with van der Waals surface area (Å²) in [5, 5.41) is 0.628. The quantitative estimate of drug-likeness (QED) is 0.454. The van der Waals surface area contributed by atoms with Crippen LogP contribution in [0.4, 0.5) is 16.2 Å². The average Bonchev–Trinajstić information content (AvgIpc) is 3.56. The highest BCUT2D eigenvalue weighted by molar-refractivity contribution is 7.90. The molecule has 37 heavy (non-hydrogen) atoms. The Hall–Kier alpha value is -3.58. The van der Waals surface area contributed by atoms with Crippen molar-refractivity contribution < 1.29 is 17.9 Å². The van der Waals surface area contributed by atoms with Crippen molar-refractivity contribution in [3.8, 4) is 0 Å². The lowest BCUT2D eigenvalue weighted by atomic mass is 10.0. The van der Waals surface area contributed by atoms with Gasteiger partial charge in [0.15, 0.2) is 5.65 Å². The van der Waals surface area contributed by atoms with Gasteiger partial charge in [0, 0.05) is 44.0 Å². The van der Waals surface area contributed by atoms with Crippen LogP contribution >= 0.6 is 0 Å². The molecule has 5 rings (SSSR count). The van der Waals surface area contributed by atoms with Crippen LogP contribution in [0.15, 0.2) is 53.7 Å². The highest BCUT2D eigenvalue weighted by Gasteiger charge is 2.45. The number of hydrogen-bond acceptors (Lipinski definition) is 6. The molecule has 0 bridgehead atoms. The van der Waals surface area contributed by atoms with Crippen molar-refractivity contribution in [2.75, 3.05) is 25.0 Å². The SMILES string of the molecule is [C-]#[N+]c1cnc2c(ccn2S(=O)(=O)c2ccccc2)c1N(C)C1C[C@@H]2CN(C(=O)OC(C)(C)C)C[C@@H]2C1. The van der Waals surface area contributed by atoms with Gasteiger partial charge in [-0.1, -0.05) is 18.2 Å². The topological polar surface area (TPSA) is 89.1 Å². The zero-order chi connectivity index (χ0) is 26.5. The number of pyridine rings is 1. The number of likely N-dealkylation sites (tertiary alicyclic amines) is 1. The molecule has 1 saturated carbocycles. The number of benzene rings is 1. The Morgan fingerprint density at radius 2 is 1.78 bits per heavy atom. The number of nitrogens with zero attached hydrogens (tertiary/aromatic N) is 5. The first-order valence-corrected chi connectivity index (χ1v) is 13.8. The fourth-order valence-electron chi connectivity index (χ4n) is 5.63. The summed E-state index contributed by atoms with van der Waals surface area (Å²) in [6, 6.07) is 10.1. The van der Waals surface area contributed by atoms with Gasteiger partial charge in [0.2, 0.25) is 5.69 Å². The molecule has 1 aliphatic carbocycles. The second-order valence-electron chi connectivity index (χ2n) is 10.9. The lowest BCUT2D eigenvalue weighted by molar-refractivity contribution is 0.0279. The van der Waals surface area contributed by atoms with E-state index in [9.17, 15) is 13.2 Å². The van der Waals surface area contributed by atoms with E-state index in [4.69, 9.17) is 11.3 Å². The van der Waals surface area contributed by atoms with Crippen molar-refractivity contribution in [2.24, 2.45) is 11.8 Å². The van der Waals surface area contributed by atoms with E-state index in [1.54, 1.807) is 41.3 Å². The molecule has 1 aliphatic heterocycles. The summed E-state index contributed by atoms with van der Waals surface area (Å²) < 4.78 is 33.4. The van der Waals surface area contributed by atoms with E-state index in [1.807, 2.05) is 27.8 Å². The number of rotatable bonds is 4. The van der Waals surface area contributed by atoms with E-state index >= 15 is 0 Å². The van der Waals surface area contributed by atoms with Gasteiger partial charge in [0.05, 0.1) is 17.2 Å². The lowest BCUT2D eigenvalue weighted by Gasteiger charge is -2.30. The smallest absolute Gasteiger partial charge is 0.410 e. The van der Waals surface area contributed by atoms with Crippen LogP contribution < -0.4 is 4.90 Å². The Morgan fingerprint density at radius 3 is 2.38 bits per heavy atom. The number of amides is 1. The van der Waals surface area contributed by atoms with Crippen LogP contribution in [0.1, 0.15) is 33.6 Å². The minimum atomic E-state index is -3.83. The largest absolute Gasteiger partial charge is 0.444 e. The molecule has 1 unspecified atom stereocenters. The summed E-state index contributed by atoms with van der Waals surface area (Å²) in [6.07, 6.45) is 4.46. The summed E-state index contributed by atoms with van der Waals surface area (Å²) in [5.41, 5.74) is 0.853. The van der Waals surface area contributed by atoms with Crippen molar-refractivity contribution in [1.29, 1.82) is 0 Å². The van der Waals surface area contributed by atoms with Gasteiger partial charge in [-0.3, -0.25) is 0 Å². The predicted octanol–water partition coefficient (Wildman–Crippen LogP) is 4.91. The van der Waals surface area contributed by atoms with Gasteiger partial charge < -0.3 is 14.5 Å². The third-order valence-electron chi connectivity index (χ3n) is 7.33. The number of anilines is 1. The van der Waals surface area contributed by atoms with E-state index in [0.29, 0.717) is 47.3 Å². The Kier molecular flexibility index (Phi) is 6.15. The molecular formula is C27H31N5O4S. The van der Waals surface area contributed by atoms with Crippen LogP contribution in [0.5, 0.6) is 0 Å². The molecule has 194 valence electrons. The average molecular weight is 522 g/mol. The molecule has 3 atom stereocenters. The molecule has 3 aromatic rings. The first-order chi connectivity index (χ1) is 17.5. The molecule has 0 N–H and O–H groups in total. The molecule has 1 saturated heterocycles. The van der Waals surface area contributed by atoms with Crippen LogP contribution in [0.2, 0.25) is 0 Å². The van der Waals surface area contributed by atoms with Crippen LogP contribution in [0.25, 0.3) is 15.9 Å². The van der Waals surface area contributed by atoms with Gasteiger partial charge in [0.1, 0.15) is 5.60 Å². The second-order valence-corrected chi connectivity index (χ2v) is 12.7. The molecule has 9 nitrogen and oxygen atoms in total. The van der Waals surface area contributed by atoms with Gasteiger partial charge in [-0.05, 0) is 63.6 Å². The molecule has 0 radical (unpaired) electrons. The van der Waals surface area contributed by atoms with Crippen molar-refractivity contribution in [3.05, 3.63) is 60.2 Å². The highest BCUT2D eigenvalue weighted by Crippen LogP contribution is 2.44. The number of fused-ring (bicyclic) bond motifs is 2. The Labute approximate surface area is 217 Å². The summed E-state index contributed by atoms with van der Waals surface area (Å²) >= 11 is 0. The molecule has 1 aromatic carbocycles. The second kappa shape index (κ2) is 9.06. The molecule has 0 spiro atoms. The maximum atomic E-state index is 13.3. The summed E-state index contributed by atoms with van der Waals surface area (Å²) in [6.45, 7) is 14.7. The van der Waals surface area contributed by atoms with E-state index < -0.39 is 15.6 Å². The summed E-state index contributed by atoms with van der Waals surface area (Å²) in [4.78, 5) is 24.7. The van der Waals surface area contributed by atoms with Crippen molar-refractivity contribution >= 4 is 38.5 Å². The molecule has 2 aromatic heterocycles. The first kappa shape index (κ1) is 25.1. The van der Waals surface area contributed by atoms with Gasteiger partial charge >= 0.3 is 6.09 Å². The normalized spacial score (nSPS) is 21.6. The Balaban J connectivity index is 1.41. The Morgan fingerprint density at radius 1 is 1.14 bits per heavy atom. The summed E-state index contributed by atoms with van der Waals surface area (Å²) in [5.74, 6) is 0.716.